The van der Waals surface area contributed by atoms with E-state index >= 15 is 0 Å². The number of rotatable bonds is 4. The lowest BCUT2D eigenvalue weighted by Gasteiger charge is -2.19. The maximum atomic E-state index is 12.0. The summed E-state index contributed by atoms with van der Waals surface area (Å²) in [5.74, 6) is 1.40. The van der Waals surface area contributed by atoms with Gasteiger partial charge in [-0.2, -0.15) is 0 Å². The third kappa shape index (κ3) is 4.12. The lowest BCUT2D eigenvalue weighted by atomic mass is 10.1. The number of nitrogens with one attached hydrogen (secondary N) is 3. The summed E-state index contributed by atoms with van der Waals surface area (Å²) in [7, 11) is 0. The lowest BCUT2D eigenvalue weighted by Crippen LogP contribution is -2.36. The number of carbonyl (C=O) groups excluding carboxylic acids is 1. The zero-order valence-electron chi connectivity index (χ0n) is 14.3. The van der Waals surface area contributed by atoms with Gasteiger partial charge in [0.05, 0.1) is 6.54 Å². The molecule has 0 radical (unpaired) electrons. The molecule has 132 valence electrons. The number of benzene rings is 1. The van der Waals surface area contributed by atoms with Crippen molar-refractivity contribution in [3.8, 4) is 11.5 Å². The first-order valence-corrected chi connectivity index (χ1v) is 8.12. The van der Waals surface area contributed by atoms with Gasteiger partial charge in [-0.1, -0.05) is 6.07 Å². The van der Waals surface area contributed by atoms with E-state index in [1.165, 1.54) is 0 Å². The third-order valence-electron chi connectivity index (χ3n) is 3.98. The van der Waals surface area contributed by atoms with Gasteiger partial charge in [0.2, 0.25) is 0 Å². The quantitative estimate of drug-likeness (QED) is 0.789. The van der Waals surface area contributed by atoms with Gasteiger partial charge in [0.15, 0.2) is 11.5 Å². The molecule has 2 aromatic rings. The standard InChI is InChI=1S/C18H21N3O4/c1-11-7-12(2)21-17(22)14(11)10-20-18(23)19-9-13-3-4-15-16(8-13)25-6-5-24-15/h3-4,7-8H,5-6,9-10H2,1-2H3,(H,21,22)(H2,19,20,23). The van der Waals surface area contributed by atoms with E-state index in [1.54, 1.807) is 0 Å². The van der Waals surface area contributed by atoms with E-state index < -0.39 is 0 Å². The molecule has 0 aliphatic carbocycles. The molecule has 0 spiro atoms. The van der Waals surface area contributed by atoms with Crippen LogP contribution in [-0.2, 0) is 13.1 Å². The van der Waals surface area contributed by atoms with Crippen LogP contribution in [0.2, 0.25) is 0 Å². The Morgan fingerprint density at radius 2 is 1.80 bits per heavy atom. The van der Waals surface area contributed by atoms with Crippen molar-refractivity contribution < 1.29 is 14.3 Å². The van der Waals surface area contributed by atoms with Crippen molar-refractivity contribution in [2.45, 2.75) is 26.9 Å². The fourth-order valence-electron chi connectivity index (χ4n) is 2.71. The van der Waals surface area contributed by atoms with E-state index in [1.807, 2.05) is 38.1 Å². The van der Waals surface area contributed by atoms with Crippen molar-refractivity contribution in [1.82, 2.24) is 15.6 Å². The van der Waals surface area contributed by atoms with Crippen LogP contribution in [0, 0.1) is 13.8 Å². The number of aromatic amines is 1. The number of ether oxygens (including phenoxy) is 2. The second kappa shape index (κ2) is 7.29. The smallest absolute Gasteiger partial charge is 0.315 e. The number of aromatic nitrogens is 1. The van der Waals surface area contributed by atoms with Crippen LogP contribution in [0.5, 0.6) is 11.5 Å². The van der Waals surface area contributed by atoms with Gasteiger partial charge in [0, 0.05) is 17.8 Å². The van der Waals surface area contributed by atoms with Crippen molar-refractivity contribution in [3.63, 3.8) is 0 Å². The second-order valence-electron chi connectivity index (χ2n) is 5.96. The number of hydrogen-bond acceptors (Lipinski definition) is 4. The number of fused-ring (bicyclic) bond motifs is 1. The molecule has 25 heavy (non-hydrogen) atoms. The molecule has 1 aliphatic heterocycles. The minimum Gasteiger partial charge on any atom is -0.486 e. The highest BCUT2D eigenvalue weighted by atomic mass is 16.6. The molecule has 0 unspecified atom stereocenters. The van der Waals surface area contributed by atoms with Crippen LogP contribution in [0.3, 0.4) is 0 Å². The van der Waals surface area contributed by atoms with Crippen molar-refractivity contribution >= 4 is 6.03 Å². The maximum absolute atomic E-state index is 12.0. The van der Waals surface area contributed by atoms with Gasteiger partial charge in [-0.05, 0) is 43.2 Å². The molecule has 0 bridgehead atoms. The molecular formula is C18H21N3O4. The van der Waals surface area contributed by atoms with Gasteiger partial charge < -0.3 is 25.1 Å². The molecule has 1 aliphatic rings. The normalized spacial score (nSPS) is 12.6. The van der Waals surface area contributed by atoms with E-state index in [9.17, 15) is 9.59 Å². The molecule has 0 saturated carbocycles. The summed E-state index contributed by atoms with van der Waals surface area (Å²) in [6.07, 6.45) is 0. The fraction of sp³-hybridized carbons (Fsp3) is 0.333. The van der Waals surface area contributed by atoms with E-state index in [2.05, 4.69) is 15.6 Å². The maximum Gasteiger partial charge on any atom is 0.315 e. The van der Waals surface area contributed by atoms with Gasteiger partial charge in [0.25, 0.3) is 5.56 Å². The first kappa shape index (κ1) is 16.9. The summed E-state index contributed by atoms with van der Waals surface area (Å²) in [5.41, 5.74) is 2.94. The number of hydrogen-bond donors (Lipinski definition) is 3. The van der Waals surface area contributed by atoms with E-state index in [0.29, 0.717) is 36.8 Å². The topological polar surface area (TPSA) is 92.4 Å². The zero-order valence-corrected chi connectivity index (χ0v) is 14.3. The van der Waals surface area contributed by atoms with Gasteiger partial charge >= 0.3 is 6.03 Å². The van der Waals surface area contributed by atoms with Crippen LogP contribution >= 0.6 is 0 Å². The van der Waals surface area contributed by atoms with Crippen molar-refractivity contribution in [2.75, 3.05) is 13.2 Å². The highest BCUT2D eigenvalue weighted by Gasteiger charge is 2.12. The average molecular weight is 343 g/mol. The first-order chi connectivity index (χ1) is 12.0. The third-order valence-corrected chi connectivity index (χ3v) is 3.98. The van der Waals surface area contributed by atoms with Gasteiger partial charge in [-0.25, -0.2) is 4.79 Å². The zero-order chi connectivity index (χ0) is 17.8. The molecule has 7 heteroatoms. The number of aryl methyl sites for hydroxylation is 2. The molecule has 2 heterocycles. The fourth-order valence-corrected chi connectivity index (χ4v) is 2.71. The summed E-state index contributed by atoms with van der Waals surface area (Å²) in [5, 5.41) is 5.47. The Hall–Kier alpha value is -2.96. The predicted molar refractivity (Wildman–Crippen MR) is 93.0 cm³/mol. The van der Waals surface area contributed by atoms with E-state index in [0.717, 1.165) is 16.8 Å². The molecule has 7 nitrogen and oxygen atoms in total. The Kier molecular flexibility index (Phi) is 4.92. The monoisotopic (exact) mass is 343 g/mol. The minimum atomic E-state index is -0.339. The summed E-state index contributed by atoms with van der Waals surface area (Å²) >= 11 is 0. The predicted octanol–water partition coefficient (Wildman–Crippen LogP) is 1.76. The number of H-pyrrole nitrogens is 1. The van der Waals surface area contributed by atoms with Crippen LogP contribution in [0.4, 0.5) is 4.79 Å². The number of urea groups is 1. The van der Waals surface area contributed by atoms with Crippen LogP contribution < -0.4 is 25.7 Å². The molecule has 0 saturated heterocycles. The number of amides is 2. The summed E-state index contributed by atoms with van der Waals surface area (Å²) < 4.78 is 11.0. The Bertz CT molecular complexity index is 845. The summed E-state index contributed by atoms with van der Waals surface area (Å²) in [6, 6.07) is 7.10. The summed E-state index contributed by atoms with van der Waals surface area (Å²) in [4.78, 5) is 26.7. The Labute approximate surface area is 145 Å². The van der Waals surface area contributed by atoms with E-state index in [4.69, 9.17) is 9.47 Å². The van der Waals surface area contributed by atoms with Crippen LogP contribution in [0.1, 0.15) is 22.4 Å². The highest BCUT2D eigenvalue weighted by Crippen LogP contribution is 2.30. The van der Waals surface area contributed by atoms with Gasteiger partial charge in [0.1, 0.15) is 13.2 Å². The van der Waals surface area contributed by atoms with Gasteiger partial charge in [-0.3, -0.25) is 4.79 Å². The molecule has 1 aromatic heterocycles. The number of carbonyl (C=O) groups is 1. The summed E-state index contributed by atoms with van der Waals surface area (Å²) in [6.45, 7) is 5.28. The molecule has 3 rings (SSSR count). The molecule has 3 N–H and O–H groups in total. The van der Waals surface area contributed by atoms with Crippen molar-refractivity contribution in [1.29, 1.82) is 0 Å². The van der Waals surface area contributed by atoms with Crippen LogP contribution in [0.15, 0.2) is 29.1 Å². The molecule has 0 atom stereocenters. The van der Waals surface area contributed by atoms with E-state index in [-0.39, 0.29) is 18.1 Å². The molecule has 0 fully saturated rings. The molecule has 2 amide bonds. The first-order valence-electron chi connectivity index (χ1n) is 8.12. The average Bonchev–Trinajstić information content (AvgIpc) is 2.59. The van der Waals surface area contributed by atoms with Crippen molar-refractivity contribution in [3.05, 3.63) is 57.0 Å². The highest BCUT2D eigenvalue weighted by molar-refractivity contribution is 5.73. The lowest BCUT2D eigenvalue weighted by molar-refractivity contribution is 0.171. The second-order valence-corrected chi connectivity index (χ2v) is 5.96. The Morgan fingerprint density at radius 3 is 2.56 bits per heavy atom. The Balaban J connectivity index is 1.54. The van der Waals surface area contributed by atoms with Gasteiger partial charge in [-0.15, -0.1) is 0 Å². The molecule has 1 aromatic carbocycles. The van der Waals surface area contributed by atoms with Crippen LogP contribution in [-0.4, -0.2) is 24.2 Å². The largest absolute Gasteiger partial charge is 0.486 e. The van der Waals surface area contributed by atoms with Crippen molar-refractivity contribution in [2.24, 2.45) is 0 Å². The minimum absolute atomic E-state index is 0.175. The molecular weight excluding hydrogens is 322 g/mol. The Morgan fingerprint density at radius 1 is 1.08 bits per heavy atom. The van der Waals surface area contributed by atoms with Crippen LogP contribution in [0.25, 0.3) is 0 Å². The SMILES string of the molecule is Cc1cc(C)c(CNC(=O)NCc2ccc3c(c2)OCCO3)c(=O)[nH]1. The number of pyridine rings is 1.